The van der Waals surface area contributed by atoms with Crippen LogP contribution in [0.4, 0.5) is 0 Å². The maximum Gasteiger partial charge on any atom is 0.193 e. The van der Waals surface area contributed by atoms with Crippen LogP contribution in [0.1, 0.15) is 11.1 Å². The van der Waals surface area contributed by atoms with E-state index in [0.29, 0.717) is 22.4 Å². The van der Waals surface area contributed by atoms with Gasteiger partial charge in [0, 0.05) is 5.56 Å². The molecule has 2 nitrogen and oxygen atoms in total. The fraction of sp³-hybridized carbons (Fsp3) is 0. The maximum absolute atomic E-state index is 9.93. The lowest BCUT2D eigenvalue weighted by molar-refractivity contribution is -0.103. The average Bonchev–Trinajstić information content (AvgIpc) is 2.16. The molecule has 0 unspecified atom stereocenters. The Hall–Kier alpha value is -1.77. The van der Waals surface area contributed by atoms with E-state index in [1.807, 2.05) is 6.07 Å². The van der Waals surface area contributed by atoms with Crippen molar-refractivity contribution in [3.8, 4) is 17.9 Å². The Morgan fingerprint density at radius 2 is 2.23 bits per heavy atom. The normalized spacial score (nSPS) is 8.00. The van der Waals surface area contributed by atoms with Gasteiger partial charge in [0.05, 0.1) is 10.6 Å². The molecular formula is C10H4ClNO. The highest BCUT2D eigenvalue weighted by molar-refractivity contribution is 6.31. The molecule has 0 fully saturated rings. The molecule has 0 amide bonds. The Morgan fingerprint density at radius 3 is 2.85 bits per heavy atom. The largest absolute Gasteiger partial charge is 0.289 e. The quantitative estimate of drug-likeness (QED) is 0.461. The molecule has 1 aromatic rings. The van der Waals surface area contributed by atoms with Gasteiger partial charge >= 0.3 is 0 Å². The van der Waals surface area contributed by atoms with Gasteiger partial charge in [-0.2, -0.15) is 5.26 Å². The van der Waals surface area contributed by atoms with Crippen molar-refractivity contribution in [3.63, 3.8) is 0 Å². The first-order chi connectivity index (χ1) is 6.27. The number of carbonyl (C=O) groups is 1. The molecule has 0 N–H and O–H groups in total. The number of benzene rings is 1. The molecule has 1 rings (SSSR count). The van der Waals surface area contributed by atoms with Crippen molar-refractivity contribution in [2.24, 2.45) is 0 Å². The number of hydrogen-bond acceptors (Lipinski definition) is 2. The van der Waals surface area contributed by atoms with E-state index < -0.39 is 0 Å². The number of nitriles is 1. The van der Waals surface area contributed by atoms with Gasteiger partial charge < -0.3 is 0 Å². The van der Waals surface area contributed by atoms with Gasteiger partial charge in [-0.15, -0.1) is 0 Å². The molecule has 0 radical (unpaired) electrons. The van der Waals surface area contributed by atoms with E-state index >= 15 is 0 Å². The van der Waals surface area contributed by atoms with Crippen molar-refractivity contribution in [1.82, 2.24) is 0 Å². The third-order valence-electron chi connectivity index (χ3n) is 1.36. The van der Waals surface area contributed by atoms with Gasteiger partial charge in [-0.3, -0.25) is 4.79 Å². The molecule has 0 aliphatic carbocycles. The first kappa shape index (κ1) is 9.32. The zero-order valence-corrected chi connectivity index (χ0v) is 7.30. The number of rotatable bonds is 0. The van der Waals surface area contributed by atoms with Crippen LogP contribution in [-0.2, 0) is 4.79 Å². The van der Waals surface area contributed by atoms with Crippen LogP contribution in [0.5, 0.6) is 0 Å². The lowest BCUT2D eigenvalue weighted by atomic mass is 10.1. The van der Waals surface area contributed by atoms with Crippen LogP contribution in [0.2, 0.25) is 5.02 Å². The van der Waals surface area contributed by atoms with E-state index in [1.165, 1.54) is 0 Å². The predicted molar refractivity (Wildman–Crippen MR) is 49.1 cm³/mol. The predicted octanol–water partition coefficient (Wildman–Crippen LogP) is 1.76. The summed E-state index contributed by atoms with van der Waals surface area (Å²) in [6, 6.07) is 6.70. The van der Waals surface area contributed by atoms with Crippen molar-refractivity contribution in [3.05, 3.63) is 34.3 Å². The summed E-state index contributed by atoms with van der Waals surface area (Å²) in [6.07, 6.45) is 0.501. The first-order valence-electron chi connectivity index (χ1n) is 3.43. The van der Waals surface area contributed by atoms with Gasteiger partial charge in [-0.05, 0) is 24.1 Å². The van der Waals surface area contributed by atoms with Crippen molar-refractivity contribution in [2.75, 3.05) is 0 Å². The molecule has 0 spiro atoms. The summed E-state index contributed by atoms with van der Waals surface area (Å²) in [5, 5.41) is 9.00. The molecule has 0 bridgehead atoms. The van der Waals surface area contributed by atoms with Crippen LogP contribution in [0.15, 0.2) is 18.2 Å². The lowest BCUT2D eigenvalue weighted by Gasteiger charge is -1.93. The highest BCUT2D eigenvalue weighted by Crippen LogP contribution is 2.15. The average molecular weight is 190 g/mol. The molecule has 0 aliphatic rings. The topological polar surface area (TPSA) is 40.9 Å². The Labute approximate surface area is 80.7 Å². The van der Waals surface area contributed by atoms with Crippen molar-refractivity contribution in [1.29, 1.82) is 5.26 Å². The zero-order valence-electron chi connectivity index (χ0n) is 6.54. The molecule has 0 aliphatic heterocycles. The van der Waals surface area contributed by atoms with Crippen LogP contribution >= 0.6 is 11.6 Å². The summed E-state index contributed by atoms with van der Waals surface area (Å²) in [7, 11) is 0. The molecule has 13 heavy (non-hydrogen) atoms. The second-order valence-electron chi connectivity index (χ2n) is 2.19. The summed E-state index contributed by atoms with van der Waals surface area (Å²) in [4.78, 5) is 9.93. The van der Waals surface area contributed by atoms with Gasteiger partial charge in [-0.25, -0.2) is 0 Å². The van der Waals surface area contributed by atoms with Crippen molar-refractivity contribution in [2.45, 2.75) is 0 Å². The smallest absolute Gasteiger partial charge is 0.193 e. The van der Waals surface area contributed by atoms with Crippen LogP contribution in [0, 0.1) is 23.2 Å². The van der Waals surface area contributed by atoms with E-state index in [1.54, 1.807) is 18.2 Å². The van der Waals surface area contributed by atoms with Gasteiger partial charge in [0.25, 0.3) is 0 Å². The maximum atomic E-state index is 9.93. The van der Waals surface area contributed by atoms with E-state index in [2.05, 4.69) is 11.8 Å². The first-order valence-corrected chi connectivity index (χ1v) is 3.80. The standard InChI is InChI=1S/C10H4ClNO/c11-10-4-3-8(2-1-5-13)6-9(10)7-12/h3-6H. The number of nitrogens with zero attached hydrogens (tertiary/aromatic N) is 1. The van der Waals surface area contributed by atoms with Crippen molar-refractivity contribution < 1.29 is 4.79 Å². The third kappa shape index (κ3) is 2.33. The third-order valence-corrected chi connectivity index (χ3v) is 1.69. The van der Waals surface area contributed by atoms with E-state index in [9.17, 15) is 4.79 Å². The Morgan fingerprint density at radius 1 is 1.46 bits per heavy atom. The van der Waals surface area contributed by atoms with Gasteiger partial charge in [0.15, 0.2) is 6.29 Å². The summed E-state index contributed by atoms with van der Waals surface area (Å²) in [5.41, 5.74) is 0.965. The van der Waals surface area contributed by atoms with Gasteiger partial charge in [0.1, 0.15) is 6.07 Å². The van der Waals surface area contributed by atoms with Crippen LogP contribution < -0.4 is 0 Å². The molecule has 0 saturated carbocycles. The minimum Gasteiger partial charge on any atom is -0.289 e. The minimum absolute atomic E-state index is 0.361. The molecule has 0 aromatic heterocycles. The molecule has 1 aromatic carbocycles. The monoisotopic (exact) mass is 189 g/mol. The molecule has 0 atom stereocenters. The fourth-order valence-electron chi connectivity index (χ4n) is 0.802. The molecule has 0 heterocycles. The zero-order chi connectivity index (χ0) is 9.68. The lowest BCUT2D eigenvalue weighted by Crippen LogP contribution is -1.80. The number of hydrogen-bond donors (Lipinski definition) is 0. The van der Waals surface area contributed by atoms with Gasteiger partial charge in [0.2, 0.25) is 0 Å². The van der Waals surface area contributed by atoms with Crippen LogP contribution in [0.25, 0.3) is 0 Å². The van der Waals surface area contributed by atoms with E-state index in [0.717, 1.165) is 0 Å². The summed E-state index contributed by atoms with van der Waals surface area (Å²) in [6.45, 7) is 0. The van der Waals surface area contributed by atoms with E-state index in [-0.39, 0.29) is 0 Å². The number of aldehydes is 1. The van der Waals surface area contributed by atoms with E-state index in [4.69, 9.17) is 16.9 Å². The second-order valence-corrected chi connectivity index (χ2v) is 2.60. The summed E-state index contributed by atoms with van der Waals surface area (Å²) in [5.74, 6) is 4.82. The van der Waals surface area contributed by atoms with Gasteiger partial charge in [-0.1, -0.05) is 17.5 Å². The SMILES string of the molecule is N#Cc1cc(C#CC=O)ccc1Cl. The summed E-state index contributed by atoms with van der Waals surface area (Å²) < 4.78 is 0. The van der Waals surface area contributed by atoms with Crippen LogP contribution in [-0.4, -0.2) is 6.29 Å². The number of halogens is 1. The van der Waals surface area contributed by atoms with Crippen molar-refractivity contribution >= 4 is 17.9 Å². The fourth-order valence-corrected chi connectivity index (χ4v) is 0.961. The Bertz CT molecular complexity index is 434. The second kappa shape index (κ2) is 4.30. The Kier molecular flexibility index (Phi) is 3.09. The van der Waals surface area contributed by atoms with Crippen LogP contribution in [0.3, 0.4) is 0 Å². The minimum atomic E-state index is 0.361. The highest BCUT2D eigenvalue weighted by atomic mass is 35.5. The Balaban J connectivity index is 3.15. The summed E-state index contributed by atoms with van der Waals surface area (Å²) >= 11 is 5.69. The highest BCUT2D eigenvalue weighted by Gasteiger charge is 1.98. The molecule has 3 heteroatoms. The molecular weight excluding hydrogens is 186 g/mol. The molecule has 0 saturated heterocycles. The molecule has 62 valence electrons. The number of carbonyl (C=O) groups excluding carboxylic acids is 1.